The molecular formula is C15H12ClNO3. The summed E-state index contributed by atoms with van der Waals surface area (Å²) in [4.78, 5) is 14.7. The van der Waals surface area contributed by atoms with E-state index in [9.17, 15) is 4.79 Å². The van der Waals surface area contributed by atoms with Crippen molar-refractivity contribution in [3.8, 4) is 16.9 Å². The molecule has 4 nitrogen and oxygen atoms in total. The largest absolute Gasteiger partial charge is 0.485 e. The summed E-state index contributed by atoms with van der Waals surface area (Å²) >= 11 is 5.93. The van der Waals surface area contributed by atoms with Crippen molar-refractivity contribution in [2.75, 3.05) is 6.61 Å². The van der Waals surface area contributed by atoms with Gasteiger partial charge in [0.15, 0.2) is 10.9 Å². The van der Waals surface area contributed by atoms with E-state index in [1.807, 2.05) is 30.3 Å². The SMILES string of the molecule is C=C(COc1cc(-c2ccccc2)cnc1Cl)C(=O)O. The molecule has 0 atom stereocenters. The Morgan fingerprint density at radius 1 is 1.30 bits per heavy atom. The van der Waals surface area contributed by atoms with Gasteiger partial charge in [0.05, 0.1) is 5.57 Å². The first-order chi connectivity index (χ1) is 9.58. The van der Waals surface area contributed by atoms with Crippen molar-refractivity contribution in [1.82, 2.24) is 4.98 Å². The molecule has 0 bridgehead atoms. The molecule has 0 unspecified atom stereocenters. The second kappa shape index (κ2) is 6.21. The number of ether oxygens (including phenoxy) is 1. The molecule has 0 saturated heterocycles. The Kier molecular flexibility index (Phi) is 4.38. The minimum absolute atomic E-state index is 0.0498. The fourth-order valence-electron chi connectivity index (χ4n) is 1.54. The van der Waals surface area contributed by atoms with Gasteiger partial charge in [0.1, 0.15) is 6.61 Å². The minimum Gasteiger partial charge on any atom is -0.485 e. The standard InChI is InChI=1S/C15H12ClNO3/c1-10(15(18)19)9-20-13-7-12(8-17-14(13)16)11-5-3-2-4-6-11/h2-8H,1,9H2,(H,18,19). The summed E-state index contributed by atoms with van der Waals surface area (Å²) in [5, 5.41) is 8.92. The third kappa shape index (κ3) is 3.36. The average molecular weight is 290 g/mol. The zero-order chi connectivity index (χ0) is 14.5. The number of benzene rings is 1. The van der Waals surface area contributed by atoms with E-state index in [1.165, 1.54) is 0 Å². The van der Waals surface area contributed by atoms with E-state index in [2.05, 4.69) is 11.6 Å². The molecule has 102 valence electrons. The fraction of sp³-hybridized carbons (Fsp3) is 0.0667. The molecule has 0 spiro atoms. The van der Waals surface area contributed by atoms with Crippen LogP contribution in [0.3, 0.4) is 0 Å². The molecule has 0 aliphatic heterocycles. The van der Waals surface area contributed by atoms with Gasteiger partial charge in [0.2, 0.25) is 0 Å². The quantitative estimate of drug-likeness (QED) is 0.677. The first-order valence-corrected chi connectivity index (χ1v) is 6.20. The van der Waals surface area contributed by atoms with E-state index in [1.54, 1.807) is 12.3 Å². The number of carboxylic acids is 1. The van der Waals surface area contributed by atoms with Crippen LogP contribution in [-0.2, 0) is 4.79 Å². The molecular weight excluding hydrogens is 278 g/mol. The Hall–Kier alpha value is -2.33. The van der Waals surface area contributed by atoms with Crippen molar-refractivity contribution in [2.24, 2.45) is 0 Å². The van der Waals surface area contributed by atoms with Gasteiger partial charge in [0.25, 0.3) is 0 Å². The van der Waals surface area contributed by atoms with Crippen LogP contribution in [0.2, 0.25) is 5.15 Å². The van der Waals surface area contributed by atoms with Crippen molar-refractivity contribution >= 4 is 17.6 Å². The van der Waals surface area contributed by atoms with E-state index in [4.69, 9.17) is 21.4 Å². The number of carbonyl (C=O) groups is 1. The van der Waals surface area contributed by atoms with Crippen molar-refractivity contribution in [3.63, 3.8) is 0 Å². The average Bonchev–Trinajstić information content (AvgIpc) is 2.47. The molecule has 1 aromatic carbocycles. The van der Waals surface area contributed by atoms with Crippen molar-refractivity contribution in [2.45, 2.75) is 0 Å². The van der Waals surface area contributed by atoms with Crippen LogP contribution < -0.4 is 4.74 Å². The normalized spacial score (nSPS) is 10.1. The predicted molar refractivity (Wildman–Crippen MR) is 77.0 cm³/mol. The van der Waals surface area contributed by atoms with Crippen LogP contribution in [0.25, 0.3) is 11.1 Å². The summed E-state index contributed by atoms with van der Waals surface area (Å²) < 4.78 is 5.35. The molecule has 5 heteroatoms. The third-order valence-corrected chi connectivity index (χ3v) is 2.90. The van der Waals surface area contributed by atoms with Crippen molar-refractivity contribution < 1.29 is 14.6 Å². The van der Waals surface area contributed by atoms with Gasteiger partial charge in [-0.15, -0.1) is 0 Å². The van der Waals surface area contributed by atoms with Crippen LogP contribution in [0.4, 0.5) is 0 Å². The van der Waals surface area contributed by atoms with Gasteiger partial charge >= 0.3 is 5.97 Å². The van der Waals surface area contributed by atoms with Crippen LogP contribution in [0, 0.1) is 0 Å². The number of aromatic nitrogens is 1. The smallest absolute Gasteiger partial charge is 0.334 e. The number of rotatable bonds is 5. The van der Waals surface area contributed by atoms with Crippen LogP contribution in [0.1, 0.15) is 0 Å². The molecule has 1 aromatic heterocycles. The molecule has 0 aliphatic carbocycles. The monoisotopic (exact) mass is 289 g/mol. The summed E-state index contributed by atoms with van der Waals surface area (Å²) in [5.41, 5.74) is 1.76. The number of nitrogens with zero attached hydrogens (tertiary/aromatic N) is 1. The molecule has 0 fully saturated rings. The van der Waals surface area contributed by atoms with Gasteiger partial charge < -0.3 is 9.84 Å². The van der Waals surface area contributed by atoms with E-state index in [0.29, 0.717) is 5.75 Å². The van der Waals surface area contributed by atoms with Gasteiger partial charge in [-0.25, -0.2) is 9.78 Å². The molecule has 2 rings (SSSR count). The van der Waals surface area contributed by atoms with Crippen LogP contribution in [0.5, 0.6) is 5.75 Å². The third-order valence-electron chi connectivity index (χ3n) is 2.62. The van der Waals surface area contributed by atoms with Crippen LogP contribution in [-0.4, -0.2) is 22.7 Å². The van der Waals surface area contributed by atoms with E-state index in [0.717, 1.165) is 11.1 Å². The topological polar surface area (TPSA) is 59.4 Å². The molecule has 1 N–H and O–H groups in total. The summed E-state index contributed by atoms with van der Waals surface area (Å²) in [7, 11) is 0. The summed E-state index contributed by atoms with van der Waals surface area (Å²) in [6, 6.07) is 11.3. The van der Waals surface area contributed by atoms with Crippen LogP contribution >= 0.6 is 11.6 Å². The lowest BCUT2D eigenvalue weighted by Crippen LogP contribution is -2.09. The molecule has 0 radical (unpaired) electrons. The highest BCUT2D eigenvalue weighted by Crippen LogP contribution is 2.28. The lowest BCUT2D eigenvalue weighted by atomic mass is 10.1. The van der Waals surface area contributed by atoms with E-state index < -0.39 is 5.97 Å². The van der Waals surface area contributed by atoms with Gasteiger partial charge in [0, 0.05) is 11.8 Å². The second-order valence-corrected chi connectivity index (χ2v) is 4.43. The predicted octanol–water partition coefficient (Wildman–Crippen LogP) is 3.42. The Bertz CT molecular complexity index is 641. The maximum atomic E-state index is 10.7. The van der Waals surface area contributed by atoms with Gasteiger partial charge in [-0.1, -0.05) is 48.5 Å². The summed E-state index contributed by atoms with van der Waals surface area (Å²) in [6.07, 6.45) is 1.64. The lowest BCUT2D eigenvalue weighted by Gasteiger charge is -2.09. The number of hydrogen-bond donors (Lipinski definition) is 1. The van der Waals surface area contributed by atoms with Gasteiger partial charge in [-0.2, -0.15) is 0 Å². The number of aliphatic carboxylic acids is 1. The Morgan fingerprint density at radius 3 is 2.65 bits per heavy atom. The minimum atomic E-state index is -1.10. The fourth-order valence-corrected chi connectivity index (χ4v) is 1.70. The summed E-state index contributed by atoms with van der Waals surface area (Å²) in [5.74, 6) is -0.774. The first kappa shape index (κ1) is 14.1. The van der Waals surface area contributed by atoms with Gasteiger partial charge in [-0.3, -0.25) is 0 Å². The summed E-state index contributed by atoms with van der Waals surface area (Å²) in [6.45, 7) is 3.25. The maximum Gasteiger partial charge on any atom is 0.334 e. The van der Waals surface area contributed by atoms with Gasteiger partial charge in [-0.05, 0) is 11.6 Å². The molecule has 0 saturated carbocycles. The highest BCUT2D eigenvalue weighted by Gasteiger charge is 2.09. The Balaban J connectivity index is 2.21. The molecule has 2 aromatic rings. The lowest BCUT2D eigenvalue weighted by molar-refractivity contribution is -0.133. The number of pyridine rings is 1. The van der Waals surface area contributed by atoms with Crippen LogP contribution in [0.15, 0.2) is 54.7 Å². The molecule has 1 heterocycles. The van der Waals surface area contributed by atoms with Crippen molar-refractivity contribution in [3.05, 3.63) is 59.9 Å². The molecule has 0 amide bonds. The zero-order valence-electron chi connectivity index (χ0n) is 10.5. The zero-order valence-corrected chi connectivity index (χ0v) is 11.3. The Labute approximate surface area is 121 Å². The highest BCUT2D eigenvalue weighted by atomic mass is 35.5. The second-order valence-electron chi connectivity index (χ2n) is 4.08. The highest BCUT2D eigenvalue weighted by molar-refractivity contribution is 6.30. The van der Waals surface area contributed by atoms with E-state index in [-0.39, 0.29) is 17.3 Å². The molecule has 0 aliphatic rings. The molecule has 20 heavy (non-hydrogen) atoms. The maximum absolute atomic E-state index is 10.7. The number of hydrogen-bond acceptors (Lipinski definition) is 3. The van der Waals surface area contributed by atoms with Crippen molar-refractivity contribution in [1.29, 1.82) is 0 Å². The number of carboxylic acid groups (broad SMARTS) is 1. The first-order valence-electron chi connectivity index (χ1n) is 5.83. The van der Waals surface area contributed by atoms with E-state index >= 15 is 0 Å². The Morgan fingerprint density at radius 2 is 2.00 bits per heavy atom. The number of halogens is 1.